The average molecular weight is 402 g/mol. The molecule has 162 valence electrons. The van der Waals surface area contributed by atoms with Crippen molar-refractivity contribution in [1.82, 2.24) is 0 Å². The van der Waals surface area contributed by atoms with Crippen LogP contribution in [0.25, 0.3) is 0 Å². The van der Waals surface area contributed by atoms with E-state index in [0.29, 0.717) is 6.42 Å². The zero-order valence-corrected chi connectivity index (χ0v) is 16.7. The minimum atomic E-state index is -2.64. The highest BCUT2D eigenvalue weighted by Gasteiger charge is 2.51. The van der Waals surface area contributed by atoms with E-state index in [4.69, 9.17) is 4.74 Å². The van der Waals surface area contributed by atoms with Gasteiger partial charge in [-0.05, 0) is 6.42 Å². The van der Waals surface area contributed by atoms with Crippen molar-refractivity contribution in [2.75, 3.05) is 6.61 Å². The van der Waals surface area contributed by atoms with Gasteiger partial charge in [0, 0.05) is 6.42 Å². The van der Waals surface area contributed by atoms with Gasteiger partial charge >= 0.3 is 11.9 Å². The van der Waals surface area contributed by atoms with E-state index in [-0.39, 0.29) is 6.42 Å². The molecular weight excluding hydrogens is 368 g/mol. The number of carbonyl (C=O) groups excluding carboxylic acids is 2. The van der Waals surface area contributed by atoms with Crippen LogP contribution in [-0.4, -0.2) is 50.9 Å². The lowest BCUT2D eigenvalue weighted by molar-refractivity contribution is -0.259. The molecule has 0 unspecified atom stereocenters. The van der Waals surface area contributed by atoms with Gasteiger partial charge in [-0.25, -0.2) is 4.79 Å². The van der Waals surface area contributed by atoms with E-state index in [1.807, 2.05) is 0 Å². The molecule has 0 aromatic rings. The summed E-state index contributed by atoms with van der Waals surface area (Å²) in [7, 11) is 0. The first-order chi connectivity index (χ1) is 13.4. The van der Waals surface area contributed by atoms with Gasteiger partial charge in [-0.1, -0.05) is 71.1 Å². The quantitative estimate of drug-likeness (QED) is 0.186. The first-order valence-electron chi connectivity index (χ1n) is 10.2. The van der Waals surface area contributed by atoms with E-state index in [0.717, 1.165) is 19.3 Å². The largest absolute Gasteiger partial charge is 0.505 e. The fourth-order valence-electron chi connectivity index (χ4n) is 3.10. The van der Waals surface area contributed by atoms with Crippen molar-refractivity contribution in [2.24, 2.45) is 0 Å². The minimum absolute atomic E-state index is 0.0243. The highest BCUT2D eigenvalue weighted by molar-refractivity contribution is 5.89. The van der Waals surface area contributed by atoms with Crippen LogP contribution in [0.2, 0.25) is 0 Å². The predicted octanol–water partition coefficient (Wildman–Crippen LogP) is 3.16. The van der Waals surface area contributed by atoms with Crippen molar-refractivity contribution in [1.29, 1.82) is 0 Å². The highest BCUT2D eigenvalue weighted by atomic mass is 16.7. The molecule has 28 heavy (non-hydrogen) atoms. The normalized spacial score (nSPS) is 18.8. The summed E-state index contributed by atoms with van der Waals surface area (Å²) in [5.74, 6) is -6.76. The van der Waals surface area contributed by atoms with Crippen molar-refractivity contribution < 1.29 is 39.5 Å². The third-order valence-electron chi connectivity index (χ3n) is 4.82. The van der Waals surface area contributed by atoms with Gasteiger partial charge in [0.05, 0.1) is 0 Å². The minimum Gasteiger partial charge on any atom is -0.505 e. The molecule has 0 bridgehead atoms. The topological polar surface area (TPSA) is 134 Å². The van der Waals surface area contributed by atoms with Crippen LogP contribution in [0.15, 0.2) is 11.5 Å². The lowest BCUT2D eigenvalue weighted by atomic mass is 10.1. The molecule has 1 aliphatic heterocycles. The highest BCUT2D eigenvalue weighted by Crippen LogP contribution is 2.29. The molecule has 0 radical (unpaired) electrons. The summed E-state index contributed by atoms with van der Waals surface area (Å²) in [5.41, 5.74) is 0. The zero-order valence-electron chi connectivity index (χ0n) is 16.7. The molecule has 1 heterocycles. The molecule has 8 heteroatoms. The van der Waals surface area contributed by atoms with Crippen LogP contribution in [0.1, 0.15) is 84.0 Å². The Morgan fingerprint density at radius 3 is 1.93 bits per heavy atom. The second-order valence-electron chi connectivity index (χ2n) is 7.28. The molecule has 4 N–H and O–H groups in total. The number of rotatable bonds is 15. The lowest BCUT2D eigenvalue weighted by Crippen LogP contribution is -2.50. The van der Waals surface area contributed by atoms with Crippen LogP contribution >= 0.6 is 0 Å². The molecule has 0 fully saturated rings. The third-order valence-corrected chi connectivity index (χ3v) is 4.82. The van der Waals surface area contributed by atoms with Gasteiger partial charge < -0.3 is 29.9 Å². The average Bonchev–Trinajstić information content (AvgIpc) is 2.94. The summed E-state index contributed by atoms with van der Waals surface area (Å²) in [6.45, 7) is 1.10. The van der Waals surface area contributed by atoms with E-state index in [1.54, 1.807) is 0 Å². The maximum absolute atomic E-state index is 11.9. The fraction of sp³-hybridized carbons (Fsp3) is 0.800. The molecule has 0 saturated carbocycles. The Labute approximate surface area is 166 Å². The van der Waals surface area contributed by atoms with E-state index in [2.05, 4.69) is 11.7 Å². The standard InChI is InChI=1S/C20H34O8/c1-2-3-4-5-6-7-8-9-10-11-12-13-15(22)28-20(26,14-21)18-16(23)17(24)19(25)27-18/h18,21,23-24,26H,2-14H2,1H3/t18-,20+/m0/s1. The number of hydrogen-bond donors (Lipinski definition) is 4. The van der Waals surface area contributed by atoms with Crippen LogP contribution in [0, 0.1) is 0 Å². The van der Waals surface area contributed by atoms with Crippen LogP contribution in [0.4, 0.5) is 0 Å². The van der Waals surface area contributed by atoms with Gasteiger partial charge in [-0.2, -0.15) is 0 Å². The monoisotopic (exact) mass is 402 g/mol. The maximum Gasteiger partial charge on any atom is 0.378 e. The van der Waals surface area contributed by atoms with Gasteiger partial charge in [0.15, 0.2) is 5.76 Å². The van der Waals surface area contributed by atoms with Gasteiger partial charge in [0.2, 0.25) is 11.9 Å². The molecule has 0 aliphatic carbocycles. The van der Waals surface area contributed by atoms with Crippen molar-refractivity contribution in [3.05, 3.63) is 11.5 Å². The van der Waals surface area contributed by atoms with Crippen LogP contribution in [0.3, 0.4) is 0 Å². The molecule has 8 nitrogen and oxygen atoms in total. The molecule has 0 aromatic carbocycles. The van der Waals surface area contributed by atoms with Crippen molar-refractivity contribution in [2.45, 2.75) is 95.9 Å². The molecule has 1 rings (SSSR count). The zero-order chi connectivity index (χ0) is 21.0. The first-order valence-corrected chi connectivity index (χ1v) is 10.2. The number of aliphatic hydroxyl groups excluding tert-OH is 3. The molecule has 0 aromatic heterocycles. The number of esters is 2. The van der Waals surface area contributed by atoms with Gasteiger partial charge in [0.25, 0.3) is 5.79 Å². The van der Waals surface area contributed by atoms with E-state index in [1.165, 1.54) is 44.9 Å². The van der Waals surface area contributed by atoms with Crippen molar-refractivity contribution in [3.8, 4) is 0 Å². The SMILES string of the molecule is CCCCCCCCCCCCCC(=O)O[C@](O)(CO)[C@H]1OC(=O)C(O)=C1O. The fourth-order valence-corrected chi connectivity index (χ4v) is 3.10. The summed E-state index contributed by atoms with van der Waals surface area (Å²) >= 11 is 0. The van der Waals surface area contributed by atoms with E-state index >= 15 is 0 Å². The van der Waals surface area contributed by atoms with Crippen LogP contribution in [-0.2, 0) is 19.1 Å². The number of ether oxygens (including phenoxy) is 2. The Kier molecular flexibility index (Phi) is 10.9. The summed E-state index contributed by atoms with van der Waals surface area (Å²) in [6.07, 6.45) is 10.5. The predicted molar refractivity (Wildman–Crippen MR) is 101 cm³/mol. The summed E-state index contributed by atoms with van der Waals surface area (Å²) < 4.78 is 9.37. The van der Waals surface area contributed by atoms with E-state index < -0.39 is 42.0 Å². The van der Waals surface area contributed by atoms with Crippen LogP contribution in [0.5, 0.6) is 0 Å². The smallest absolute Gasteiger partial charge is 0.378 e. The number of hydrogen-bond acceptors (Lipinski definition) is 8. The lowest BCUT2D eigenvalue weighted by Gasteiger charge is -2.29. The van der Waals surface area contributed by atoms with Gasteiger partial charge in [-0.3, -0.25) is 4.79 Å². The van der Waals surface area contributed by atoms with Crippen molar-refractivity contribution >= 4 is 11.9 Å². The Morgan fingerprint density at radius 1 is 1.00 bits per heavy atom. The van der Waals surface area contributed by atoms with E-state index in [9.17, 15) is 30.0 Å². The third kappa shape index (κ3) is 7.67. The number of cyclic esters (lactones) is 1. The molecule has 0 amide bonds. The summed E-state index contributed by atoms with van der Waals surface area (Å²) in [4.78, 5) is 23.1. The molecule has 0 spiro atoms. The second-order valence-corrected chi connectivity index (χ2v) is 7.28. The Balaban J connectivity index is 2.19. The number of carbonyl (C=O) groups is 2. The molecular formula is C20H34O8. The first kappa shape index (κ1) is 24.2. The molecule has 2 atom stereocenters. The molecule has 1 aliphatic rings. The van der Waals surface area contributed by atoms with Crippen LogP contribution < -0.4 is 0 Å². The Hall–Kier alpha value is -1.80. The number of aliphatic hydroxyl groups is 4. The maximum atomic E-state index is 11.9. The molecule has 0 saturated heterocycles. The second kappa shape index (κ2) is 12.6. The summed E-state index contributed by atoms with van der Waals surface area (Å²) in [6, 6.07) is 0. The Bertz CT molecular complexity index is 530. The van der Waals surface area contributed by atoms with Gasteiger partial charge in [0.1, 0.15) is 6.61 Å². The summed E-state index contributed by atoms with van der Waals surface area (Å²) in [5, 5.41) is 38.4. The van der Waals surface area contributed by atoms with Gasteiger partial charge in [-0.15, -0.1) is 0 Å². The Morgan fingerprint density at radius 2 is 1.50 bits per heavy atom. The number of unbranched alkanes of at least 4 members (excludes halogenated alkanes) is 10. The van der Waals surface area contributed by atoms with Crippen molar-refractivity contribution in [3.63, 3.8) is 0 Å².